The molecule has 1 aliphatic rings. The lowest BCUT2D eigenvalue weighted by Crippen LogP contribution is -2.52. The highest BCUT2D eigenvalue weighted by atomic mass is 32.1. The van der Waals surface area contributed by atoms with Crippen LogP contribution in [0.5, 0.6) is 0 Å². The molecule has 1 aromatic heterocycles. The van der Waals surface area contributed by atoms with E-state index in [2.05, 4.69) is 49.5 Å². The first-order valence-corrected chi connectivity index (χ1v) is 9.14. The maximum atomic E-state index is 5.50. The summed E-state index contributed by atoms with van der Waals surface area (Å²) in [5, 5.41) is 5.13. The van der Waals surface area contributed by atoms with Gasteiger partial charge in [0.2, 0.25) is 5.11 Å². The summed E-state index contributed by atoms with van der Waals surface area (Å²) in [6.07, 6.45) is 3.86. The zero-order valence-electron chi connectivity index (χ0n) is 14.4. The molecule has 0 spiro atoms. The van der Waals surface area contributed by atoms with Gasteiger partial charge in [0.05, 0.1) is 11.4 Å². The molecule has 134 valence electrons. The van der Waals surface area contributed by atoms with Crippen LogP contribution >= 0.6 is 24.4 Å². The number of anilines is 1. The van der Waals surface area contributed by atoms with Gasteiger partial charge in [0, 0.05) is 18.4 Å². The van der Waals surface area contributed by atoms with Crippen molar-refractivity contribution in [3.8, 4) is 0 Å². The molecule has 6 nitrogen and oxygen atoms in total. The fourth-order valence-electron chi connectivity index (χ4n) is 2.72. The largest absolute Gasteiger partial charge is 0.317 e. The van der Waals surface area contributed by atoms with Gasteiger partial charge >= 0.3 is 0 Å². The number of hydrogen-bond acceptors (Lipinski definition) is 4. The number of hydrazine groups is 1. The van der Waals surface area contributed by atoms with Gasteiger partial charge in [-0.25, -0.2) is 0 Å². The van der Waals surface area contributed by atoms with Crippen LogP contribution in [0.3, 0.4) is 0 Å². The summed E-state index contributed by atoms with van der Waals surface area (Å²) in [5.41, 5.74) is 12.6. The zero-order chi connectivity index (χ0) is 18.4. The van der Waals surface area contributed by atoms with Crippen molar-refractivity contribution in [3.05, 3.63) is 59.9 Å². The fourth-order valence-corrected chi connectivity index (χ4v) is 3.06. The molecule has 0 saturated carbocycles. The highest BCUT2D eigenvalue weighted by molar-refractivity contribution is 7.80. The molecular weight excluding hydrogens is 364 g/mol. The van der Waals surface area contributed by atoms with Crippen LogP contribution in [-0.4, -0.2) is 27.5 Å². The van der Waals surface area contributed by atoms with Gasteiger partial charge in [0.25, 0.3) is 0 Å². The van der Waals surface area contributed by atoms with Crippen molar-refractivity contribution >= 4 is 46.1 Å². The third kappa shape index (κ3) is 4.53. The molecule has 0 radical (unpaired) electrons. The van der Waals surface area contributed by atoms with Gasteiger partial charge < -0.3 is 4.90 Å². The number of para-hydroxylation sites is 1. The summed E-state index contributed by atoms with van der Waals surface area (Å²) in [7, 11) is 0. The van der Waals surface area contributed by atoms with Gasteiger partial charge in [-0.3, -0.25) is 21.3 Å². The van der Waals surface area contributed by atoms with Gasteiger partial charge in [0.1, 0.15) is 0 Å². The van der Waals surface area contributed by atoms with E-state index >= 15 is 0 Å². The summed E-state index contributed by atoms with van der Waals surface area (Å²) in [4.78, 5) is 6.31. The minimum absolute atomic E-state index is 0.327. The van der Waals surface area contributed by atoms with Crippen molar-refractivity contribution in [1.82, 2.24) is 21.3 Å². The number of nitrogens with one attached hydrogen (secondary N) is 3. The average Bonchev–Trinajstić information content (AvgIpc) is 2.70. The van der Waals surface area contributed by atoms with Gasteiger partial charge in [-0.15, -0.1) is 0 Å². The number of nitrogens with zero attached hydrogens (tertiary/aromatic N) is 3. The third-order valence-electron chi connectivity index (χ3n) is 4.00. The van der Waals surface area contributed by atoms with Crippen LogP contribution in [0.1, 0.15) is 24.6 Å². The molecule has 0 amide bonds. The first kappa shape index (κ1) is 18.2. The second-order valence-corrected chi connectivity index (χ2v) is 6.59. The first-order chi connectivity index (χ1) is 12.6. The predicted octanol–water partition coefficient (Wildman–Crippen LogP) is 2.51. The Kier molecular flexibility index (Phi) is 6.08. The van der Waals surface area contributed by atoms with Crippen LogP contribution in [0.4, 0.5) is 5.69 Å². The van der Waals surface area contributed by atoms with E-state index < -0.39 is 0 Å². The highest BCUT2D eigenvalue weighted by Crippen LogP contribution is 2.26. The molecule has 26 heavy (non-hydrogen) atoms. The summed E-state index contributed by atoms with van der Waals surface area (Å²) < 4.78 is 0. The number of hydrazone groups is 1. The zero-order valence-corrected chi connectivity index (χ0v) is 16.0. The molecule has 0 aliphatic carbocycles. The number of aryl methyl sites for hydroxylation is 1. The van der Waals surface area contributed by atoms with E-state index in [1.54, 1.807) is 6.20 Å². The van der Waals surface area contributed by atoms with Gasteiger partial charge in [-0.05, 0) is 68.0 Å². The summed E-state index contributed by atoms with van der Waals surface area (Å²) in [6.45, 7) is 2.74. The summed E-state index contributed by atoms with van der Waals surface area (Å²) in [5.74, 6) is 0. The van der Waals surface area contributed by atoms with Gasteiger partial charge in [-0.2, -0.15) is 5.10 Å². The predicted molar refractivity (Wildman–Crippen MR) is 113 cm³/mol. The van der Waals surface area contributed by atoms with Crippen LogP contribution in [0.15, 0.2) is 53.8 Å². The number of benzene rings is 1. The molecule has 0 saturated heterocycles. The maximum absolute atomic E-state index is 5.50. The van der Waals surface area contributed by atoms with Crippen molar-refractivity contribution in [2.45, 2.75) is 19.8 Å². The summed E-state index contributed by atoms with van der Waals surface area (Å²) >= 11 is 10.7. The Labute approximate surface area is 163 Å². The number of pyridine rings is 1. The molecule has 3 rings (SSSR count). The van der Waals surface area contributed by atoms with Gasteiger partial charge in [-0.1, -0.05) is 24.3 Å². The molecule has 8 heteroatoms. The Morgan fingerprint density at radius 3 is 2.73 bits per heavy atom. The highest BCUT2D eigenvalue weighted by Gasteiger charge is 2.19. The minimum Gasteiger partial charge on any atom is -0.317 e. The number of thiocarbonyl (C=S) groups is 2. The SMILES string of the molecule is C/C(=N\NC(=S)NNC(=S)N1CCCc2ccccc21)c1ccccn1. The monoisotopic (exact) mass is 384 g/mol. The molecule has 2 heterocycles. The van der Waals surface area contributed by atoms with Crippen LogP contribution < -0.4 is 21.2 Å². The molecule has 1 aliphatic heterocycles. The van der Waals surface area contributed by atoms with Crippen molar-refractivity contribution in [2.24, 2.45) is 5.10 Å². The molecular formula is C18H20N6S2. The molecule has 0 fully saturated rings. The van der Waals surface area contributed by atoms with E-state index in [9.17, 15) is 0 Å². The maximum Gasteiger partial charge on any atom is 0.205 e. The lowest BCUT2D eigenvalue weighted by Gasteiger charge is -2.31. The summed E-state index contributed by atoms with van der Waals surface area (Å²) in [6, 6.07) is 14.0. The van der Waals surface area contributed by atoms with E-state index in [0.717, 1.165) is 36.5 Å². The topological polar surface area (TPSA) is 64.6 Å². The fraction of sp³-hybridized carbons (Fsp3) is 0.222. The molecule has 2 aromatic rings. The second-order valence-electron chi connectivity index (χ2n) is 5.79. The van der Waals surface area contributed by atoms with Crippen molar-refractivity contribution in [1.29, 1.82) is 0 Å². The number of rotatable bonds is 2. The van der Waals surface area contributed by atoms with E-state index in [1.807, 2.05) is 31.2 Å². The minimum atomic E-state index is 0.327. The lowest BCUT2D eigenvalue weighted by atomic mass is 10.0. The number of aromatic nitrogens is 1. The average molecular weight is 385 g/mol. The van der Waals surface area contributed by atoms with E-state index in [1.165, 1.54) is 5.56 Å². The first-order valence-electron chi connectivity index (χ1n) is 8.32. The molecule has 3 N–H and O–H groups in total. The molecule has 0 atom stereocenters. The molecule has 1 aromatic carbocycles. The van der Waals surface area contributed by atoms with Crippen molar-refractivity contribution in [3.63, 3.8) is 0 Å². The normalized spacial score (nSPS) is 13.6. The Hall–Kier alpha value is -2.58. The van der Waals surface area contributed by atoms with Crippen LogP contribution in [-0.2, 0) is 6.42 Å². The third-order valence-corrected chi connectivity index (χ3v) is 4.51. The van der Waals surface area contributed by atoms with Gasteiger partial charge in [0.15, 0.2) is 5.11 Å². The Bertz CT molecular complexity index is 821. The quantitative estimate of drug-likeness (QED) is 0.418. The molecule has 0 unspecified atom stereocenters. The van der Waals surface area contributed by atoms with Crippen molar-refractivity contribution < 1.29 is 0 Å². The van der Waals surface area contributed by atoms with Crippen LogP contribution in [0.25, 0.3) is 0 Å². The Balaban J connectivity index is 1.53. The standard InChI is InChI=1S/C18H20N6S2/c1-13(15-9-4-5-11-19-15)20-21-17(25)22-23-18(26)24-12-6-8-14-7-2-3-10-16(14)24/h2-5,7,9-11H,6,8,12H2,1H3,(H,23,26)(H2,21,22,25)/b20-13+. The molecule has 0 bridgehead atoms. The van der Waals surface area contributed by atoms with Crippen molar-refractivity contribution in [2.75, 3.05) is 11.4 Å². The van der Waals surface area contributed by atoms with E-state index in [0.29, 0.717) is 10.2 Å². The smallest absolute Gasteiger partial charge is 0.205 e. The Morgan fingerprint density at radius 1 is 1.12 bits per heavy atom. The Morgan fingerprint density at radius 2 is 1.92 bits per heavy atom. The number of fused-ring (bicyclic) bond motifs is 1. The number of hydrogen-bond donors (Lipinski definition) is 3. The van der Waals surface area contributed by atoms with Crippen LogP contribution in [0, 0.1) is 0 Å². The van der Waals surface area contributed by atoms with E-state index in [4.69, 9.17) is 24.4 Å². The lowest BCUT2D eigenvalue weighted by molar-refractivity contribution is 0.751. The second kappa shape index (κ2) is 8.68. The van der Waals surface area contributed by atoms with E-state index in [-0.39, 0.29) is 0 Å². The van der Waals surface area contributed by atoms with Crippen LogP contribution in [0.2, 0.25) is 0 Å².